The number of imide groups is 1. The van der Waals surface area contributed by atoms with Gasteiger partial charge in [-0.3, -0.25) is 19.5 Å². The van der Waals surface area contributed by atoms with Crippen molar-refractivity contribution in [3.05, 3.63) is 35.4 Å². The number of nitrogens with zero attached hydrogens (tertiary/aromatic N) is 2. The number of nitrogens with one attached hydrogen (secondary N) is 2. The summed E-state index contributed by atoms with van der Waals surface area (Å²) in [7, 11) is 1.71. The molecule has 0 aromatic heterocycles. The van der Waals surface area contributed by atoms with Crippen molar-refractivity contribution in [2.75, 3.05) is 26.7 Å². The second kappa shape index (κ2) is 9.20. The number of rotatable bonds is 8. The largest absolute Gasteiger partial charge is 0.356 e. The maximum atomic E-state index is 12.3. The standard InChI is InChI=1S/C19H28N4O2/c1-14(2)8-6-7-11-21-19(20-3)22-12-13-23-17(24)15-9-4-5-10-16(15)18(23)25/h4-5,9-10,14H,6-8,11-13H2,1-3H3,(H2,20,21,22). The number of unbranched alkanes of at least 4 members (excludes halogenated alkanes) is 1. The second-order valence-corrected chi connectivity index (χ2v) is 6.62. The van der Waals surface area contributed by atoms with Crippen LogP contribution in [0.5, 0.6) is 0 Å². The SMILES string of the molecule is CN=C(NCCCCC(C)C)NCCN1C(=O)c2ccccc2C1=O. The summed E-state index contributed by atoms with van der Waals surface area (Å²) in [5, 5.41) is 6.42. The summed E-state index contributed by atoms with van der Waals surface area (Å²) in [6.45, 7) is 6.11. The van der Waals surface area contributed by atoms with Crippen molar-refractivity contribution in [1.29, 1.82) is 0 Å². The third-order valence-corrected chi connectivity index (χ3v) is 4.23. The number of guanidine groups is 1. The third kappa shape index (κ3) is 5.05. The Bertz CT molecular complexity index is 605. The zero-order valence-corrected chi connectivity index (χ0v) is 15.3. The van der Waals surface area contributed by atoms with Crippen LogP contribution in [0.1, 0.15) is 53.8 Å². The van der Waals surface area contributed by atoms with E-state index in [-0.39, 0.29) is 11.8 Å². The van der Waals surface area contributed by atoms with E-state index < -0.39 is 0 Å². The highest BCUT2D eigenvalue weighted by Gasteiger charge is 2.34. The molecule has 136 valence electrons. The van der Waals surface area contributed by atoms with Gasteiger partial charge in [0.25, 0.3) is 11.8 Å². The highest BCUT2D eigenvalue weighted by atomic mass is 16.2. The normalized spacial score (nSPS) is 14.2. The number of aliphatic imine (C=N–C) groups is 1. The average molecular weight is 344 g/mol. The van der Waals surface area contributed by atoms with Crippen LogP contribution in [-0.2, 0) is 0 Å². The van der Waals surface area contributed by atoms with Gasteiger partial charge >= 0.3 is 0 Å². The molecule has 0 bridgehead atoms. The van der Waals surface area contributed by atoms with Crippen molar-refractivity contribution in [2.45, 2.75) is 33.1 Å². The molecule has 0 aliphatic carbocycles. The van der Waals surface area contributed by atoms with Crippen LogP contribution in [0, 0.1) is 5.92 Å². The number of hydrogen-bond acceptors (Lipinski definition) is 3. The number of benzene rings is 1. The maximum Gasteiger partial charge on any atom is 0.261 e. The Morgan fingerprint density at radius 1 is 1.04 bits per heavy atom. The van der Waals surface area contributed by atoms with Gasteiger partial charge in [0.15, 0.2) is 5.96 Å². The minimum Gasteiger partial charge on any atom is -0.356 e. The first-order valence-corrected chi connectivity index (χ1v) is 8.94. The minimum absolute atomic E-state index is 0.223. The molecule has 0 fully saturated rings. The Morgan fingerprint density at radius 3 is 2.20 bits per heavy atom. The molecular weight excluding hydrogens is 316 g/mol. The van der Waals surface area contributed by atoms with Gasteiger partial charge in [-0.05, 0) is 24.5 Å². The smallest absolute Gasteiger partial charge is 0.261 e. The summed E-state index contributed by atoms with van der Waals surface area (Å²) in [4.78, 5) is 30.0. The molecule has 1 aromatic carbocycles. The van der Waals surface area contributed by atoms with Gasteiger partial charge in [0.05, 0.1) is 11.1 Å². The molecule has 2 rings (SSSR count). The molecule has 0 saturated heterocycles. The van der Waals surface area contributed by atoms with E-state index >= 15 is 0 Å². The van der Waals surface area contributed by atoms with Crippen molar-refractivity contribution < 1.29 is 9.59 Å². The average Bonchev–Trinajstić information content (AvgIpc) is 2.84. The molecule has 1 aliphatic rings. The number of hydrogen-bond donors (Lipinski definition) is 2. The predicted octanol–water partition coefficient (Wildman–Crippen LogP) is 2.27. The van der Waals surface area contributed by atoms with Gasteiger partial charge in [-0.15, -0.1) is 0 Å². The van der Waals surface area contributed by atoms with Crippen molar-refractivity contribution in [1.82, 2.24) is 15.5 Å². The molecule has 0 unspecified atom stereocenters. The molecule has 0 atom stereocenters. The number of fused-ring (bicyclic) bond motifs is 1. The quantitative estimate of drug-likeness (QED) is 0.328. The van der Waals surface area contributed by atoms with Crippen LogP contribution in [0.15, 0.2) is 29.3 Å². The van der Waals surface area contributed by atoms with Gasteiger partial charge < -0.3 is 10.6 Å². The third-order valence-electron chi connectivity index (χ3n) is 4.23. The molecule has 1 heterocycles. The lowest BCUT2D eigenvalue weighted by atomic mass is 10.1. The highest BCUT2D eigenvalue weighted by Crippen LogP contribution is 2.21. The Morgan fingerprint density at radius 2 is 1.64 bits per heavy atom. The van der Waals surface area contributed by atoms with Gasteiger partial charge in [-0.2, -0.15) is 0 Å². The summed E-state index contributed by atoms with van der Waals surface area (Å²) in [6, 6.07) is 6.94. The van der Waals surface area contributed by atoms with Gasteiger partial charge in [-0.1, -0.05) is 38.8 Å². The van der Waals surface area contributed by atoms with Gasteiger partial charge in [0.2, 0.25) is 0 Å². The lowest BCUT2D eigenvalue weighted by molar-refractivity contribution is 0.0657. The summed E-state index contributed by atoms with van der Waals surface area (Å²) in [5.41, 5.74) is 0.973. The molecule has 1 aliphatic heterocycles. The number of carbonyl (C=O) groups excluding carboxylic acids is 2. The van der Waals surface area contributed by atoms with Gasteiger partial charge in [-0.25, -0.2) is 0 Å². The van der Waals surface area contributed by atoms with Crippen LogP contribution in [0.3, 0.4) is 0 Å². The van der Waals surface area contributed by atoms with E-state index in [4.69, 9.17) is 0 Å². The molecule has 25 heavy (non-hydrogen) atoms. The zero-order valence-electron chi connectivity index (χ0n) is 15.3. The number of carbonyl (C=O) groups is 2. The van der Waals surface area contributed by atoms with Gasteiger partial charge in [0.1, 0.15) is 0 Å². The van der Waals surface area contributed by atoms with Crippen LogP contribution in [-0.4, -0.2) is 49.4 Å². The molecule has 6 heteroatoms. The van der Waals surface area contributed by atoms with Crippen molar-refractivity contribution in [2.24, 2.45) is 10.9 Å². The van der Waals surface area contributed by atoms with E-state index in [1.165, 1.54) is 17.7 Å². The molecular formula is C19H28N4O2. The Hall–Kier alpha value is -2.37. The highest BCUT2D eigenvalue weighted by molar-refractivity contribution is 6.21. The van der Waals surface area contributed by atoms with E-state index in [9.17, 15) is 9.59 Å². The fourth-order valence-electron chi connectivity index (χ4n) is 2.83. The van der Waals surface area contributed by atoms with E-state index in [0.717, 1.165) is 18.9 Å². The molecule has 6 nitrogen and oxygen atoms in total. The zero-order chi connectivity index (χ0) is 18.2. The summed E-state index contributed by atoms with van der Waals surface area (Å²) < 4.78 is 0. The lowest BCUT2D eigenvalue weighted by Gasteiger charge is -2.16. The first kappa shape index (κ1) is 19.0. The summed E-state index contributed by atoms with van der Waals surface area (Å²) in [6.07, 6.45) is 3.52. The lowest BCUT2D eigenvalue weighted by Crippen LogP contribution is -2.43. The van der Waals surface area contributed by atoms with Crippen molar-refractivity contribution >= 4 is 17.8 Å². The van der Waals surface area contributed by atoms with Crippen LogP contribution in [0.25, 0.3) is 0 Å². The van der Waals surface area contributed by atoms with Crippen LogP contribution in [0.4, 0.5) is 0 Å². The molecule has 2 N–H and O–H groups in total. The number of amides is 2. The topological polar surface area (TPSA) is 73.8 Å². The Kier molecular flexibility index (Phi) is 6.98. The van der Waals surface area contributed by atoms with Crippen LogP contribution < -0.4 is 10.6 Å². The Balaban J connectivity index is 1.73. The monoisotopic (exact) mass is 344 g/mol. The second-order valence-electron chi connectivity index (χ2n) is 6.62. The predicted molar refractivity (Wildman–Crippen MR) is 99.9 cm³/mol. The summed E-state index contributed by atoms with van der Waals surface area (Å²) in [5.74, 6) is 0.983. The minimum atomic E-state index is -0.223. The first-order valence-electron chi connectivity index (χ1n) is 8.94. The van der Waals surface area contributed by atoms with Crippen LogP contribution >= 0.6 is 0 Å². The van der Waals surface area contributed by atoms with Gasteiger partial charge in [0, 0.05) is 26.7 Å². The van der Waals surface area contributed by atoms with E-state index in [0.29, 0.717) is 30.2 Å². The molecule has 0 saturated carbocycles. The first-order chi connectivity index (χ1) is 12.0. The maximum absolute atomic E-state index is 12.3. The molecule has 0 radical (unpaired) electrons. The molecule has 2 amide bonds. The Labute approximate surface area is 149 Å². The summed E-state index contributed by atoms with van der Waals surface area (Å²) >= 11 is 0. The molecule has 0 spiro atoms. The van der Waals surface area contributed by atoms with Crippen LogP contribution in [0.2, 0.25) is 0 Å². The van der Waals surface area contributed by atoms with Crippen molar-refractivity contribution in [3.63, 3.8) is 0 Å². The van der Waals surface area contributed by atoms with Crippen molar-refractivity contribution in [3.8, 4) is 0 Å². The molecule has 1 aromatic rings. The fraction of sp³-hybridized carbons (Fsp3) is 0.526. The fourth-order valence-corrected chi connectivity index (χ4v) is 2.83. The van der Waals surface area contributed by atoms with E-state index in [1.807, 2.05) is 0 Å². The van der Waals surface area contributed by atoms with E-state index in [2.05, 4.69) is 29.5 Å². The van der Waals surface area contributed by atoms with E-state index in [1.54, 1.807) is 31.3 Å².